The van der Waals surface area contributed by atoms with E-state index in [1.165, 1.54) is 32.7 Å². The van der Waals surface area contributed by atoms with E-state index in [0.717, 1.165) is 17.0 Å². The van der Waals surface area contributed by atoms with Gasteiger partial charge in [0.05, 0.1) is 11.4 Å². The summed E-state index contributed by atoms with van der Waals surface area (Å²) in [6.07, 6.45) is 0. The lowest BCUT2D eigenvalue weighted by molar-refractivity contribution is 1.29. The van der Waals surface area contributed by atoms with E-state index >= 15 is 0 Å². The van der Waals surface area contributed by atoms with Gasteiger partial charge in [0.2, 0.25) is 0 Å². The minimum atomic E-state index is 1.02. The SMILES string of the molecule is Cc1cc(-c2ccc3ccccc3c2)nc(-c2cccc3ccccc23)c1. The van der Waals surface area contributed by atoms with E-state index < -0.39 is 0 Å². The second kappa shape index (κ2) is 6.37. The van der Waals surface area contributed by atoms with Crippen LogP contribution in [0.5, 0.6) is 0 Å². The first-order chi connectivity index (χ1) is 13.3. The minimum Gasteiger partial charge on any atom is -0.248 e. The van der Waals surface area contributed by atoms with E-state index in [4.69, 9.17) is 4.98 Å². The van der Waals surface area contributed by atoms with E-state index in [0.29, 0.717) is 0 Å². The lowest BCUT2D eigenvalue weighted by Gasteiger charge is -2.10. The highest BCUT2D eigenvalue weighted by Crippen LogP contribution is 2.31. The van der Waals surface area contributed by atoms with Gasteiger partial charge < -0.3 is 0 Å². The number of nitrogens with zero attached hydrogens (tertiary/aromatic N) is 1. The van der Waals surface area contributed by atoms with Crippen molar-refractivity contribution in [1.29, 1.82) is 0 Å². The maximum absolute atomic E-state index is 5.03. The highest BCUT2D eigenvalue weighted by molar-refractivity contribution is 5.96. The first kappa shape index (κ1) is 15.8. The standard InChI is InChI=1S/C26H19N/c1-18-15-25(22-14-13-19-7-2-3-9-21(19)17-22)27-26(16-18)24-12-6-10-20-8-4-5-11-23(20)24/h2-17H,1H3. The van der Waals surface area contributed by atoms with Crippen LogP contribution in [0.15, 0.2) is 97.1 Å². The Kier molecular flexibility index (Phi) is 3.72. The Morgan fingerprint density at radius 3 is 2.15 bits per heavy atom. The van der Waals surface area contributed by atoms with Gasteiger partial charge >= 0.3 is 0 Å². The molecule has 0 aliphatic carbocycles. The van der Waals surface area contributed by atoms with Gasteiger partial charge in [-0.2, -0.15) is 0 Å². The maximum atomic E-state index is 5.03. The fraction of sp³-hybridized carbons (Fsp3) is 0.0385. The molecule has 128 valence electrons. The number of aryl methyl sites for hydroxylation is 1. The molecule has 0 aliphatic heterocycles. The molecule has 0 spiro atoms. The number of rotatable bonds is 2. The van der Waals surface area contributed by atoms with Gasteiger partial charge in [-0.25, -0.2) is 4.98 Å². The molecule has 0 atom stereocenters. The summed E-state index contributed by atoms with van der Waals surface area (Å²) in [5.41, 5.74) is 5.59. The molecule has 0 N–H and O–H groups in total. The Balaban J connectivity index is 1.70. The van der Waals surface area contributed by atoms with Crippen molar-refractivity contribution in [3.63, 3.8) is 0 Å². The number of hydrogen-bond donors (Lipinski definition) is 0. The highest BCUT2D eigenvalue weighted by Gasteiger charge is 2.09. The third-order valence-electron chi connectivity index (χ3n) is 5.08. The Morgan fingerprint density at radius 1 is 0.556 bits per heavy atom. The second-order valence-electron chi connectivity index (χ2n) is 7.00. The Hall–Kier alpha value is -3.45. The molecular weight excluding hydrogens is 326 g/mol. The summed E-state index contributed by atoms with van der Waals surface area (Å²) in [4.78, 5) is 5.03. The molecule has 1 heterocycles. The van der Waals surface area contributed by atoms with E-state index in [2.05, 4.69) is 104 Å². The molecule has 5 rings (SSSR count). The van der Waals surface area contributed by atoms with Crippen molar-refractivity contribution in [2.75, 3.05) is 0 Å². The van der Waals surface area contributed by atoms with Crippen LogP contribution in [0.3, 0.4) is 0 Å². The third kappa shape index (κ3) is 2.88. The Labute approximate surface area is 158 Å². The van der Waals surface area contributed by atoms with Crippen LogP contribution in [-0.2, 0) is 0 Å². The van der Waals surface area contributed by atoms with Gasteiger partial charge in [-0.1, -0.05) is 78.9 Å². The molecule has 1 heteroatoms. The molecule has 0 amide bonds. The summed E-state index contributed by atoms with van der Waals surface area (Å²) in [5, 5.41) is 4.97. The van der Waals surface area contributed by atoms with Crippen molar-refractivity contribution in [2.45, 2.75) is 6.92 Å². The number of benzene rings is 4. The molecule has 4 aromatic carbocycles. The average Bonchev–Trinajstić information content (AvgIpc) is 2.72. The summed E-state index contributed by atoms with van der Waals surface area (Å²) in [6, 6.07) is 34.3. The van der Waals surface area contributed by atoms with Gasteiger partial charge in [0.1, 0.15) is 0 Å². The second-order valence-corrected chi connectivity index (χ2v) is 7.00. The van der Waals surface area contributed by atoms with Gasteiger partial charge in [-0.05, 0) is 52.2 Å². The van der Waals surface area contributed by atoms with Crippen LogP contribution in [-0.4, -0.2) is 4.98 Å². The molecule has 0 radical (unpaired) electrons. The number of aromatic nitrogens is 1. The van der Waals surface area contributed by atoms with Crippen molar-refractivity contribution in [2.24, 2.45) is 0 Å². The quantitative estimate of drug-likeness (QED) is 0.335. The van der Waals surface area contributed by atoms with Crippen LogP contribution in [0, 0.1) is 6.92 Å². The summed E-state index contributed by atoms with van der Waals surface area (Å²) in [7, 11) is 0. The van der Waals surface area contributed by atoms with E-state index in [-0.39, 0.29) is 0 Å². The van der Waals surface area contributed by atoms with E-state index in [9.17, 15) is 0 Å². The molecule has 0 unspecified atom stereocenters. The summed E-state index contributed by atoms with van der Waals surface area (Å²) < 4.78 is 0. The van der Waals surface area contributed by atoms with Crippen molar-refractivity contribution in [1.82, 2.24) is 4.98 Å². The fourth-order valence-corrected chi connectivity index (χ4v) is 3.75. The molecule has 5 aromatic rings. The molecule has 27 heavy (non-hydrogen) atoms. The molecule has 0 aliphatic rings. The van der Waals surface area contributed by atoms with Gasteiger partial charge in [0.25, 0.3) is 0 Å². The van der Waals surface area contributed by atoms with Gasteiger partial charge in [0, 0.05) is 11.1 Å². The third-order valence-corrected chi connectivity index (χ3v) is 5.08. The van der Waals surface area contributed by atoms with Crippen molar-refractivity contribution in [3.05, 3.63) is 103 Å². The number of hydrogen-bond acceptors (Lipinski definition) is 1. The highest BCUT2D eigenvalue weighted by atomic mass is 14.7. The zero-order chi connectivity index (χ0) is 18.2. The molecule has 1 nitrogen and oxygen atoms in total. The lowest BCUT2D eigenvalue weighted by atomic mass is 9.99. The normalized spacial score (nSPS) is 11.1. The number of pyridine rings is 1. The maximum Gasteiger partial charge on any atom is 0.0718 e. The molecule has 0 bridgehead atoms. The van der Waals surface area contributed by atoms with Crippen molar-refractivity contribution < 1.29 is 0 Å². The largest absolute Gasteiger partial charge is 0.248 e. The zero-order valence-electron chi connectivity index (χ0n) is 15.2. The molecule has 0 fully saturated rings. The monoisotopic (exact) mass is 345 g/mol. The van der Waals surface area contributed by atoms with Gasteiger partial charge in [0.15, 0.2) is 0 Å². The van der Waals surface area contributed by atoms with Crippen LogP contribution in [0.2, 0.25) is 0 Å². The fourth-order valence-electron chi connectivity index (χ4n) is 3.75. The predicted octanol–water partition coefficient (Wildman–Crippen LogP) is 7.03. The predicted molar refractivity (Wildman–Crippen MR) is 115 cm³/mol. The molecule has 0 saturated heterocycles. The van der Waals surface area contributed by atoms with Crippen LogP contribution < -0.4 is 0 Å². The summed E-state index contributed by atoms with van der Waals surface area (Å²) in [6.45, 7) is 2.14. The van der Waals surface area contributed by atoms with Crippen LogP contribution in [0.25, 0.3) is 44.1 Å². The van der Waals surface area contributed by atoms with Gasteiger partial charge in [-0.3, -0.25) is 0 Å². The Bertz CT molecular complexity index is 1280. The number of fused-ring (bicyclic) bond motifs is 2. The van der Waals surface area contributed by atoms with Crippen LogP contribution in [0.4, 0.5) is 0 Å². The van der Waals surface area contributed by atoms with Gasteiger partial charge in [-0.15, -0.1) is 0 Å². The van der Waals surface area contributed by atoms with Crippen LogP contribution >= 0.6 is 0 Å². The summed E-state index contributed by atoms with van der Waals surface area (Å²) >= 11 is 0. The van der Waals surface area contributed by atoms with Crippen molar-refractivity contribution >= 4 is 21.5 Å². The molecule has 0 saturated carbocycles. The topological polar surface area (TPSA) is 12.9 Å². The first-order valence-corrected chi connectivity index (χ1v) is 9.24. The molecular formula is C26H19N. The van der Waals surface area contributed by atoms with E-state index in [1.807, 2.05) is 0 Å². The smallest absolute Gasteiger partial charge is 0.0718 e. The minimum absolute atomic E-state index is 1.02. The Morgan fingerprint density at radius 2 is 1.26 bits per heavy atom. The first-order valence-electron chi connectivity index (χ1n) is 9.24. The van der Waals surface area contributed by atoms with E-state index in [1.54, 1.807) is 0 Å². The van der Waals surface area contributed by atoms with Crippen LogP contribution in [0.1, 0.15) is 5.56 Å². The zero-order valence-corrected chi connectivity index (χ0v) is 15.2. The van der Waals surface area contributed by atoms with Crippen molar-refractivity contribution in [3.8, 4) is 22.5 Å². The lowest BCUT2D eigenvalue weighted by Crippen LogP contribution is -1.91. The summed E-state index contributed by atoms with van der Waals surface area (Å²) in [5.74, 6) is 0. The average molecular weight is 345 g/mol. The molecule has 1 aromatic heterocycles.